The minimum atomic E-state index is -3.70. The van der Waals surface area contributed by atoms with Crippen LogP contribution in [0.3, 0.4) is 0 Å². The zero-order chi connectivity index (χ0) is 21.3. The van der Waals surface area contributed by atoms with Crippen LogP contribution < -0.4 is 10.5 Å². The lowest BCUT2D eigenvalue weighted by atomic mass is 10.2. The lowest BCUT2D eigenvalue weighted by molar-refractivity contribution is 0.306. The lowest BCUT2D eigenvalue weighted by Gasteiger charge is -2.39. The van der Waals surface area contributed by atoms with Crippen molar-refractivity contribution < 1.29 is 8.42 Å². The molecule has 0 radical (unpaired) electrons. The molecule has 0 spiro atoms. The second kappa shape index (κ2) is 7.94. The number of hydrogen-bond acceptors (Lipinski definition) is 8. The third-order valence-electron chi connectivity index (χ3n) is 4.71. The Morgan fingerprint density at radius 3 is 2.70 bits per heavy atom. The molecule has 12 heteroatoms. The molecule has 0 amide bonds. The topological polar surface area (TPSA) is 117 Å². The minimum absolute atomic E-state index is 0.206. The Labute approximate surface area is 176 Å². The van der Waals surface area contributed by atoms with Gasteiger partial charge in [0.05, 0.1) is 11.1 Å². The van der Waals surface area contributed by atoms with Gasteiger partial charge in [0.2, 0.25) is 0 Å². The maximum absolute atomic E-state index is 13.2. The monoisotopic (exact) mass is 443 g/mol. The average molecular weight is 444 g/mol. The highest BCUT2D eigenvalue weighted by Crippen LogP contribution is 2.33. The van der Waals surface area contributed by atoms with E-state index in [-0.39, 0.29) is 28.2 Å². The van der Waals surface area contributed by atoms with E-state index in [4.69, 9.17) is 6.57 Å². The molecule has 1 fully saturated rings. The predicted molar refractivity (Wildman–Crippen MR) is 112 cm³/mol. The summed E-state index contributed by atoms with van der Waals surface area (Å²) in [6.07, 6.45) is 2.99. The Bertz CT molecular complexity index is 1260. The number of nitrogens with one attached hydrogen (secondary N) is 1. The number of hydrogen-bond donors (Lipinski definition) is 1. The van der Waals surface area contributed by atoms with Gasteiger partial charge < -0.3 is 9.74 Å². The second-order valence-electron chi connectivity index (χ2n) is 6.65. The van der Waals surface area contributed by atoms with Gasteiger partial charge in [-0.2, -0.15) is 9.40 Å². The van der Waals surface area contributed by atoms with Crippen LogP contribution in [0.1, 0.15) is 6.92 Å². The molecule has 30 heavy (non-hydrogen) atoms. The average Bonchev–Trinajstić information content (AvgIpc) is 3.25. The molecule has 4 heterocycles. The van der Waals surface area contributed by atoms with Gasteiger partial charge in [-0.3, -0.25) is 4.79 Å². The van der Waals surface area contributed by atoms with E-state index in [1.807, 2.05) is 11.8 Å². The molecule has 1 atom stereocenters. The molecule has 1 N–H and O–H groups in total. The number of H-pyrrole nitrogens is 1. The van der Waals surface area contributed by atoms with Crippen LogP contribution in [0.2, 0.25) is 0 Å². The normalized spacial score (nSPS) is 17.6. The molecule has 4 rings (SSSR count). The highest BCUT2D eigenvalue weighted by molar-refractivity contribution is 7.91. The Morgan fingerprint density at radius 1 is 1.20 bits per heavy atom. The SMILES string of the molecule is [C-]#[N+]c1nccnc1N1CCN(S(=O)(=O)c2ccc(-c3ccc(=O)[nH]n3)s2)[C@H](C)C1. The van der Waals surface area contributed by atoms with Gasteiger partial charge in [-0.1, -0.05) is 6.57 Å². The van der Waals surface area contributed by atoms with Crippen LogP contribution in [0.4, 0.5) is 11.6 Å². The fourth-order valence-corrected chi connectivity index (χ4v) is 6.33. The molecule has 0 unspecified atom stereocenters. The van der Waals surface area contributed by atoms with Crippen molar-refractivity contribution in [3.8, 4) is 10.6 Å². The highest BCUT2D eigenvalue weighted by Gasteiger charge is 2.35. The van der Waals surface area contributed by atoms with Crippen molar-refractivity contribution in [1.29, 1.82) is 0 Å². The van der Waals surface area contributed by atoms with Crippen molar-refractivity contribution in [3.63, 3.8) is 0 Å². The number of nitrogens with zero attached hydrogens (tertiary/aromatic N) is 6. The van der Waals surface area contributed by atoms with Gasteiger partial charge in [-0.05, 0) is 25.1 Å². The molecule has 10 nitrogen and oxygen atoms in total. The van der Waals surface area contributed by atoms with Crippen LogP contribution in [-0.4, -0.2) is 58.6 Å². The standard InChI is InChI=1S/C18H17N7O3S2/c1-12-11-24(18-17(19-2)20-7-8-21-18)9-10-25(12)30(27,28)16-6-4-14(29-16)13-3-5-15(26)23-22-13/h3-8,12H,9-11H2,1H3,(H,23,26)/t12-/m1/s1. The van der Waals surface area contributed by atoms with Gasteiger partial charge in [-0.25, -0.2) is 18.5 Å². The van der Waals surface area contributed by atoms with Gasteiger partial charge in [-0.15, -0.1) is 16.3 Å². The molecular formula is C18H17N7O3S2. The molecule has 154 valence electrons. The lowest BCUT2D eigenvalue weighted by Crippen LogP contribution is -2.54. The summed E-state index contributed by atoms with van der Waals surface area (Å²) in [7, 11) is -3.70. The van der Waals surface area contributed by atoms with E-state index in [0.717, 1.165) is 11.3 Å². The number of rotatable bonds is 4. The first-order valence-corrected chi connectivity index (χ1v) is 11.3. The molecule has 0 bridgehead atoms. The molecule has 1 aliphatic heterocycles. The first-order valence-electron chi connectivity index (χ1n) is 9.01. The largest absolute Gasteiger partial charge is 0.361 e. The van der Waals surface area contributed by atoms with E-state index >= 15 is 0 Å². The number of aromatic amines is 1. The molecule has 1 aliphatic rings. The first kappa shape index (κ1) is 20.1. The van der Waals surface area contributed by atoms with Crippen LogP contribution >= 0.6 is 11.3 Å². The van der Waals surface area contributed by atoms with Gasteiger partial charge in [0.25, 0.3) is 15.6 Å². The number of thiophene rings is 1. The van der Waals surface area contributed by atoms with Crippen molar-refractivity contribution in [2.75, 3.05) is 24.5 Å². The molecule has 1 saturated heterocycles. The number of anilines is 1. The van der Waals surface area contributed by atoms with Crippen LogP contribution in [0.15, 0.2) is 45.7 Å². The zero-order valence-electron chi connectivity index (χ0n) is 15.9. The van der Waals surface area contributed by atoms with Gasteiger partial charge >= 0.3 is 5.82 Å². The van der Waals surface area contributed by atoms with Crippen molar-refractivity contribution in [3.05, 3.63) is 58.4 Å². The maximum atomic E-state index is 13.2. The first-order chi connectivity index (χ1) is 14.4. The third kappa shape index (κ3) is 3.70. The highest BCUT2D eigenvalue weighted by atomic mass is 32.2. The molecule has 0 aliphatic carbocycles. The van der Waals surface area contributed by atoms with E-state index in [9.17, 15) is 13.2 Å². The fraction of sp³-hybridized carbons (Fsp3) is 0.278. The van der Waals surface area contributed by atoms with Crippen molar-refractivity contribution in [1.82, 2.24) is 24.5 Å². The molecule has 0 saturated carbocycles. The van der Waals surface area contributed by atoms with Gasteiger partial charge in [0, 0.05) is 31.7 Å². The van der Waals surface area contributed by atoms with Crippen LogP contribution in [0.25, 0.3) is 15.4 Å². The van der Waals surface area contributed by atoms with E-state index in [1.54, 1.807) is 18.2 Å². The number of piperazine rings is 1. The summed E-state index contributed by atoms with van der Waals surface area (Å²) in [5.74, 6) is 0.677. The summed E-state index contributed by atoms with van der Waals surface area (Å²) < 4.78 is 28.1. The van der Waals surface area contributed by atoms with Crippen molar-refractivity contribution >= 4 is 33.0 Å². The van der Waals surface area contributed by atoms with E-state index in [1.165, 1.54) is 22.8 Å². The second-order valence-corrected chi connectivity index (χ2v) is 9.85. The summed E-state index contributed by atoms with van der Waals surface area (Å²) in [6.45, 7) is 10.2. The smallest absolute Gasteiger partial charge is 0.312 e. The Balaban J connectivity index is 1.55. The van der Waals surface area contributed by atoms with Crippen molar-refractivity contribution in [2.24, 2.45) is 0 Å². The van der Waals surface area contributed by atoms with Gasteiger partial charge in [0.15, 0.2) is 5.82 Å². The fourth-order valence-electron chi connectivity index (χ4n) is 3.31. The van der Waals surface area contributed by atoms with E-state index in [0.29, 0.717) is 29.5 Å². The van der Waals surface area contributed by atoms with Crippen molar-refractivity contribution in [2.45, 2.75) is 17.2 Å². The molecular weight excluding hydrogens is 426 g/mol. The minimum Gasteiger partial charge on any atom is -0.361 e. The van der Waals surface area contributed by atoms with E-state index in [2.05, 4.69) is 25.0 Å². The van der Waals surface area contributed by atoms with E-state index < -0.39 is 10.0 Å². The summed E-state index contributed by atoms with van der Waals surface area (Å²) in [5, 5.41) is 6.30. The van der Waals surface area contributed by atoms with Crippen LogP contribution in [0, 0.1) is 6.57 Å². The Morgan fingerprint density at radius 2 is 2.00 bits per heavy atom. The molecule has 3 aromatic heterocycles. The van der Waals surface area contributed by atoms with Crippen LogP contribution in [-0.2, 0) is 10.0 Å². The Kier molecular flexibility index (Phi) is 5.33. The maximum Gasteiger partial charge on any atom is 0.312 e. The quantitative estimate of drug-likeness (QED) is 0.611. The number of aromatic nitrogens is 4. The Hall–Kier alpha value is -3.14. The third-order valence-corrected chi connectivity index (χ3v) is 8.30. The zero-order valence-corrected chi connectivity index (χ0v) is 17.5. The summed E-state index contributed by atoms with van der Waals surface area (Å²) >= 11 is 1.11. The predicted octanol–water partition coefficient (Wildman–Crippen LogP) is 1.74. The van der Waals surface area contributed by atoms with Crippen LogP contribution in [0.5, 0.6) is 0 Å². The van der Waals surface area contributed by atoms with Gasteiger partial charge in [0.1, 0.15) is 16.1 Å². The summed E-state index contributed by atoms with van der Waals surface area (Å²) in [6, 6.07) is 5.82. The summed E-state index contributed by atoms with van der Waals surface area (Å²) in [4.78, 5) is 25.4. The summed E-state index contributed by atoms with van der Waals surface area (Å²) in [5.41, 5.74) is 0.188. The molecule has 0 aromatic carbocycles. The molecule has 3 aromatic rings. The number of sulfonamides is 1.